The van der Waals surface area contributed by atoms with Gasteiger partial charge < -0.3 is 14.9 Å². The van der Waals surface area contributed by atoms with E-state index in [1.807, 2.05) is 0 Å². The molecule has 0 radical (unpaired) electrons. The maximum absolute atomic E-state index is 9.89. The third-order valence-electron chi connectivity index (χ3n) is 4.90. The van der Waals surface area contributed by atoms with Gasteiger partial charge in [0.15, 0.2) is 0 Å². The van der Waals surface area contributed by atoms with Gasteiger partial charge >= 0.3 is 0 Å². The Morgan fingerprint density at radius 1 is 1.32 bits per heavy atom. The SMILES string of the molecule is CC1CCCC(CO)(CN2CC(CO)OCC2C)C1. The Hall–Kier alpha value is -0.160. The Balaban J connectivity index is 1.99. The molecule has 4 heteroatoms. The van der Waals surface area contributed by atoms with E-state index in [1.165, 1.54) is 12.8 Å². The molecule has 0 spiro atoms. The first kappa shape index (κ1) is 15.2. The predicted molar refractivity (Wildman–Crippen MR) is 75.0 cm³/mol. The van der Waals surface area contributed by atoms with E-state index >= 15 is 0 Å². The lowest BCUT2D eigenvalue weighted by atomic mass is 9.70. The molecule has 0 bridgehead atoms. The average molecular weight is 271 g/mol. The van der Waals surface area contributed by atoms with Crippen molar-refractivity contribution in [3.8, 4) is 0 Å². The van der Waals surface area contributed by atoms with Crippen LogP contribution in [0, 0.1) is 11.3 Å². The molecule has 1 saturated carbocycles. The van der Waals surface area contributed by atoms with Crippen LogP contribution in [-0.2, 0) is 4.74 Å². The molecule has 0 aromatic rings. The summed E-state index contributed by atoms with van der Waals surface area (Å²) in [6.45, 7) is 7.25. The average Bonchev–Trinajstić information content (AvgIpc) is 2.41. The van der Waals surface area contributed by atoms with E-state index < -0.39 is 0 Å². The lowest BCUT2D eigenvalue weighted by Gasteiger charge is -2.46. The number of morpholine rings is 1. The summed E-state index contributed by atoms with van der Waals surface area (Å²) in [7, 11) is 0. The summed E-state index contributed by atoms with van der Waals surface area (Å²) in [6, 6.07) is 0.378. The van der Waals surface area contributed by atoms with Crippen LogP contribution < -0.4 is 0 Å². The molecule has 0 aromatic carbocycles. The van der Waals surface area contributed by atoms with E-state index in [0.29, 0.717) is 18.6 Å². The largest absolute Gasteiger partial charge is 0.396 e. The van der Waals surface area contributed by atoms with Crippen molar-refractivity contribution >= 4 is 0 Å². The molecule has 1 aliphatic heterocycles. The van der Waals surface area contributed by atoms with Gasteiger partial charge in [0.1, 0.15) is 0 Å². The fraction of sp³-hybridized carbons (Fsp3) is 1.00. The summed E-state index contributed by atoms with van der Waals surface area (Å²) in [6.07, 6.45) is 4.70. The molecule has 4 nitrogen and oxygen atoms in total. The van der Waals surface area contributed by atoms with Gasteiger partial charge in [0.2, 0.25) is 0 Å². The van der Waals surface area contributed by atoms with Gasteiger partial charge in [-0.1, -0.05) is 19.8 Å². The van der Waals surface area contributed by atoms with Crippen molar-refractivity contribution in [3.05, 3.63) is 0 Å². The number of aliphatic hydroxyl groups is 2. The molecule has 19 heavy (non-hydrogen) atoms. The van der Waals surface area contributed by atoms with Gasteiger partial charge in [-0.2, -0.15) is 0 Å². The molecule has 112 valence electrons. The monoisotopic (exact) mass is 271 g/mol. The van der Waals surface area contributed by atoms with Crippen LogP contribution in [-0.4, -0.2) is 60.2 Å². The molecule has 2 N–H and O–H groups in total. The number of aliphatic hydroxyl groups excluding tert-OH is 2. The Labute approximate surface area is 116 Å². The highest BCUT2D eigenvalue weighted by Crippen LogP contribution is 2.40. The minimum Gasteiger partial charge on any atom is -0.396 e. The van der Waals surface area contributed by atoms with E-state index in [9.17, 15) is 10.2 Å². The van der Waals surface area contributed by atoms with E-state index in [4.69, 9.17) is 4.74 Å². The summed E-state index contributed by atoms with van der Waals surface area (Å²) in [5.41, 5.74) is 0.0588. The van der Waals surface area contributed by atoms with Crippen molar-refractivity contribution in [3.63, 3.8) is 0 Å². The third-order valence-corrected chi connectivity index (χ3v) is 4.90. The zero-order chi connectivity index (χ0) is 13.9. The van der Waals surface area contributed by atoms with Gasteiger partial charge in [-0.3, -0.25) is 4.90 Å². The first-order chi connectivity index (χ1) is 9.08. The second-order valence-electron chi connectivity index (χ2n) is 6.78. The molecule has 4 atom stereocenters. The topological polar surface area (TPSA) is 52.9 Å². The van der Waals surface area contributed by atoms with Crippen LogP contribution in [0.4, 0.5) is 0 Å². The second kappa shape index (κ2) is 6.53. The van der Waals surface area contributed by atoms with Crippen LogP contribution in [0.1, 0.15) is 39.5 Å². The van der Waals surface area contributed by atoms with Gasteiger partial charge in [-0.05, 0) is 25.7 Å². The van der Waals surface area contributed by atoms with Crippen LogP contribution in [0.5, 0.6) is 0 Å². The standard InChI is InChI=1S/C15H29NO3/c1-12-4-3-5-15(6-12,11-18)10-16-7-14(8-17)19-9-13(16)2/h12-14,17-18H,3-11H2,1-2H3. The Bertz CT molecular complexity index is 287. The van der Waals surface area contributed by atoms with Gasteiger partial charge in [0.25, 0.3) is 0 Å². The zero-order valence-electron chi connectivity index (χ0n) is 12.3. The van der Waals surface area contributed by atoms with E-state index in [0.717, 1.165) is 25.9 Å². The molecular formula is C15H29NO3. The smallest absolute Gasteiger partial charge is 0.0933 e. The summed E-state index contributed by atoms with van der Waals surface area (Å²) in [5, 5.41) is 19.2. The lowest BCUT2D eigenvalue weighted by Crippen LogP contribution is -2.54. The normalized spacial score (nSPS) is 41.4. The molecule has 2 rings (SSSR count). The lowest BCUT2D eigenvalue weighted by molar-refractivity contribution is -0.0975. The number of rotatable bonds is 4. The van der Waals surface area contributed by atoms with Crippen LogP contribution in [0.3, 0.4) is 0 Å². The second-order valence-corrected chi connectivity index (χ2v) is 6.78. The van der Waals surface area contributed by atoms with Crippen LogP contribution in [0.25, 0.3) is 0 Å². The zero-order valence-corrected chi connectivity index (χ0v) is 12.3. The summed E-state index contributed by atoms with van der Waals surface area (Å²) in [4.78, 5) is 2.40. The maximum Gasteiger partial charge on any atom is 0.0933 e. The van der Waals surface area contributed by atoms with E-state index in [1.54, 1.807) is 0 Å². The molecule has 0 amide bonds. The van der Waals surface area contributed by atoms with Crippen molar-refractivity contribution in [1.29, 1.82) is 0 Å². The molecule has 1 aliphatic carbocycles. The van der Waals surface area contributed by atoms with Crippen LogP contribution >= 0.6 is 0 Å². The van der Waals surface area contributed by atoms with Gasteiger partial charge in [0, 0.05) is 31.2 Å². The fourth-order valence-electron chi connectivity index (χ4n) is 3.74. The fourth-order valence-corrected chi connectivity index (χ4v) is 3.74. The van der Waals surface area contributed by atoms with Crippen molar-refractivity contribution in [2.75, 3.05) is 32.9 Å². The molecule has 2 aliphatic rings. The number of ether oxygens (including phenoxy) is 1. The van der Waals surface area contributed by atoms with Crippen molar-refractivity contribution in [2.24, 2.45) is 11.3 Å². The quantitative estimate of drug-likeness (QED) is 0.808. The Morgan fingerprint density at radius 2 is 2.11 bits per heavy atom. The maximum atomic E-state index is 9.89. The predicted octanol–water partition coefficient (Wildman–Crippen LogP) is 1.26. The Kier molecular flexibility index (Phi) is 5.23. The first-order valence-corrected chi connectivity index (χ1v) is 7.66. The van der Waals surface area contributed by atoms with Gasteiger partial charge in [-0.25, -0.2) is 0 Å². The number of hydrogen-bond acceptors (Lipinski definition) is 4. The highest BCUT2D eigenvalue weighted by molar-refractivity contribution is 4.90. The summed E-state index contributed by atoms with van der Waals surface area (Å²) < 4.78 is 5.59. The minimum absolute atomic E-state index is 0.0588. The first-order valence-electron chi connectivity index (χ1n) is 7.66. The molecule has 1 saturated heterocycles. The third kappa shape index (κ3) is 3.69. The highest BCUT2D eigenvalue weighted by Gasteiger charge is 2.38. The summed E-state index contributed by atoms with van der Waals surface area (Å²) >= 11 is 0. The molecule has 1 heterocycles. The number of hydrogen-bond donors (Lipinski definition) is 2. The van der Waals surface area contributed by atoms with Gasteiger partial charge in [-0.15, -0.1) is 0 Å². The minimum atomic E-state index is -0.0621. The Morgan fingerprint density at radius 3 is 2.74 bits per heavy atom. The van der Waals surface area contributed by atoms with Gasteiger partial charge in [0.05, 0.1) is 19.3 Å². The summed E-state index contributed by atoms with van der Waals surface area (Å²) in [5.74, 6) is 0.714. The highest BCUT2D eigenvalue weighted by atomic mass is 16.5. The van der Waals surface area contributed by atoms with E-state index in [2.05, 4.69) is 18.7 Å². The van der Waals surface area contributed by atoms with Crippen LogP contribution in [0.2, 0.25) is 0 Å². The molecule has 4 unspecified atom stereocenters. The van der Waals surface area contributed by atoms with Crippen molar-refractivity contribution in [2.45, 2.75) is 51.7 Å². The molecular weight excluding hydrogens is 242 g/mol. The molecule has 0 aromatic heterocycles. The molecule has 2 fully saturated rings. The van der Waals surface area contributed by atoms with Crippen molar-refractivity contribution in [1.82, 2.24) is 4.90 Å². The van der Waals surface area contributed by atoms with Crippen LogP contribution in [0.15, 0.2) is 0 Å². The van der Waals surface area contributed by atoms with Crippen molar-refractivity contribution < 1.29 is 14.9 Å². The number of nitrogens with zero attached hydrogens (tertiary/aromatic N) is 1. The van der Waals surface area contributed by atoms with E-state index in [-0.39, 0.29) is 24.7 Å².